The number of carboxylic acid groups (broad SMARTS) is 2. The third-order valence-electron chi connectivity index (χ3n) is 6.34. The van der Waals surface area contributed by atoms with Gasteiger partial charge in [0.05, 0.1) is 12.5 Å². The van der Waals surface area contributed by atoms with E-state index < -0.39 is 66.2 Å². The fourth-order valence-corrected chi connectivity index (χ4v) is 4.13. The number of H-pyrrole nitrogens is 1. The maximum atomic E-state index is 13.4. The van der Waals surface area contributed by atoms with Crippen LogP contribution in [0.5, 0.6) is 0 Å². The molecule has 0 aliphatic rings. The van der Waals surface area contributed by atoms with E-state index in [1.54, 1.807) is 18.3 Å². The van der Waals surface area contributed by atoms with Crippen molar-refractivity contribution < 1.29 is 39.0 Å². The van der Waals surface area contributed by atoms with Crippen molar-refractivity contribution in [2.45, 2.75) is 69.1 Å². The molecule has 2 rings (SSSR count). The van der Waals surface area contributed by atoms with Crippen LogP contribution in [0.25, 0.3) is 10.9 Å². The first-order valence-electron chi connectivity index (χ1n) is 13.1. The van der Waals surface area contributed by atoms with E-state index in [0.29, 0.717) is 24.9 Å². The molecular weight excluding hydrogens is 538 g/mol. The Morgan fingerprint density at radius 1 is 0.854 bits per heavy atom. The van der Waals surface area contributed by atoms with Gasteiger partial charge in [0.15, 0.2) is 0 Å². The molecule has 41 heavy (non-hydrogen) atoms. The average Bonchev–Trinajstić information content (AvgIpc) is 3.32. The molecule has 15 heteroatoms. The van der Waals surface area contributed by atoms with Crippen LogP contribution in [0.15, 0.2) is 30.5 Å². The summed E-state index contributed by atoms with van der Waals surface area (Å²) in [5.41, 5.74) is 17.9. The lowest BCUT2D eigenvalue weighted by Gasteiger charge is -2.25. The van der Waals surface area contributed by atoms with Crippen LogP contribution >= 0.6 is 0 Å². The second-order valence-electron chi connectivity index (χ2n) is 9.58. The van der Waals surface area contributed by atoms with Crippen molar-refractivity contribution in [1.29, 1.82) is 0 Å². The zero-order valence-electron chi connectivity index (χ0n) is 22.4. The Morgan fingerprint density at radius 3 is 2.12 bits per heavy atom. The summed E-state index contributed by atoms with van der Waals surface area (Å²) in [6.45, 7) is 0.336. The zero-order chi connectivity index (χ0) is 30.5. The molecule has 0 aliphatic carbocycles. The molecule has 1 aromatic heterocycles. The zero-order valence-corrected chi connectivity index (χ0v) is 22.4. The first-order chi connectivity index (χ1) is 19.4. The van der Waals surface area contributed by atoms with Crippen LogP contribution in [0.1, 0.15) is 44.1 Å². The van der Waals surface area contributed by atoms with Crippen molar-refractivity contribution >= 4 is 46.5 Å². The van der Waals surface area contributed by atoms with Gasteiger partial charge in [0, 0.05) is 29.9 Å². The number of fused-ring (bicyclic) bond motifs is 1. The predicted octanol–water partition coefficient (Wildman–Crippen LogP) is -1.55. The number of benzene rings is 1. The molecular formula is C26H37N7O8. The number of aromatic amines is 1. The van der Waals surface area contributed by atoms with E-state index in [0.717, 1.165) is 10.9 Å². The highest BCUT2D eigenvalue weighted by atomic mass is 16.4. The number of para-hydroxylation sites is 1. The predicted molar refractivity (Wildman–Crippen MR) is 147 cm³/mol. The Hall–Kier alpha value is -4.50. The van der Waals surface area contributed by atoms with Crippen LogP contribution in [-0.2, 0) is 35.2 Å². The first kappa shape index (κ1) is 32.7. The summed E-state index contributed by atoms with van der Waals surface area (Å²) < 4.78 is 0. The molecule has 0 spiro atoms. The van der Waals surface area contributed by atoms with Crippen LogP contribution in [0, 0.1) is 0 Å². The van der Waals surface area contributed by atoms with Gasteiger partial charge in [0.2, 0.25) is 23.6 Å². The Kier molecular flexibility index (Phi) is 12.7. The number of aromatic nitrogens is 1. The van der Waals surface area contributed by atoms with E-state index in [1.807, 2.05) is 12.1 Å². The number of aliphatic carboxylic acids is 2. The highest BCUT2D eigenvalue weighted by Crippen LogP contribution is 2.19. The number of unbranched alkanes of at least 4 members (excludes halogenated alkanes) is 1. The number of nitrogens with one attached hydrogen (secondary N) is 4. The summed E-state index contributed by atoms with van der Waals surface area (Å²) in [5, 5.41) is 26.4. The number of amides is 4. The van der Waals surface area contributed by atoms with E-state index in [4.69, 9.17) is 22.3 Å². The smallest absolute Gasteiger partial charge is 0.326 e. The molecule has 0 saturated carbocycles. The SMILES string of the molecule is NCCCCC(NC(=O)C(N)CCC(=O)O)C(=O)NC(Cc1c[nH]c2ccccc12)C(=O)NC(CC(N)=O)C(=O)O. The molecule has 1 heterocycles. The number of carbonyl (C=O) groups is 6. The monoisotopic (exact) mass is 575 g/mol. The minimum Gasteiger partial charge on any atom is -0.481 e. The highest BCUT2D eigenvalue weighted by Gasteiger charge is 2.31. The summed E-state index contributed by atoms with van der Waals surface area (Å²) in [5.74, 6) is -5.95. The Balaban J connectivity index is 2.30. The van der Waals surface area contributed by atoms with Crippen LogP contribution in [0.3, 0.4) is 0 Å². The number of nitrogens with two attached hydrogens (primary N) is 3. The maximum Gasteiger partial charge on any atom is 0.326 e. The van der Waals surface area contributed by atoms with Gasteiger partial charge in [-0.1, -0.05) is 18.2 Å². The summed E-state index contributed by atoms with van der Waals surface area (Å²) in [6.07, 6.45) is 1.54. The molecule has 2 aromatic rings. The first-order valence-corrected chi connectivity index (χ1v) is 13.1. The van der Waals surface area contributed by atoms with Crippen LogP contribution in [0.2, 0.25) is 0 Å². The highest BCUT2D eigenvalue weighted by molar-refractivity contribution is 5.95. The lowest BCUT2D eigenvalue weighted by Crippen LogP contribution is -2.57. The van der Waals surface area contributed by atoms with E-state index in [2.05, 4.69) is 20.9 Å². The lowest BCUT2D eigenvalue weighted by atomic mass is 10.0. The van der Waals surface area contributed by atoms with E-state index in [-0.39, 0.29) is 25.7 Å². The molecule has 0 saturated heterocycles. The molecule has 0 radical (unpaired) electrons. The van der Waals surface area contributed by atoms with E-state index >= 15 is 0 Å². The Bertz CT molecular complexity index is 1250. The van der Waals surface area contributed by atoms with Gasteiger partial charge in [-0.05, 0) is 43.9 Å². The quantitative estimate of drug-likeness (QED) is 0.0922. The molecule has 4 amide bonds. The molecule has 224 valence electrons. The average molecular weight is 576 g/mol. The largest absolute Gasteiger partial charge is 0.481 e. The molecule has 0 fully saturated rings. The van der Waals surface area contributed by atoms with Crippen molar-refractivity contribution in [3.63, 3.8) is 0 Å². The Morgan fingerprint density at radius 2 is 1.49 bits per heavy atom. The molecule has 4 atom stereocenters. The third kappa shape index (κ3) is 10.5. The van der Waals surface area contributed by atoms with Crippen LogP contribution < -0.4 is 33.2 Å². The maximum absolute atomic E-state index is 13.4. The third-order valence-corrected chi connectivity index (χ3v) is 6.34. The van der Waals surface area contributed by atoms with Gasteiger partial charge < -0.3 is 48.3 Å². The standard InChI is InChI=1S/C26H37N7O8/c27-10-4-3-7-18(31-23(37)16(28)8-9-22(35)36)24(38)32-19(25(39)33-20(26(40)41)12-21(29)34)11-14-13-30-17-6-2-1-5-15(14)17/h1-2,5-6,13,16,18-20,30H,3-4,7-12,27-28H2,(H2,29,34)(H,31,37)(H,32,38)(H,33,39)(H,35,36)(H,40,41). The molecule has 4 unspecified atom stereocenters. The summed E-state index contributed by atoms with van der Waals surface area (Å²) in [4.78, 5) is 76.2. The fraction of sp³-hybridized carbons (Fsp3) is 0.462. The van der Waals surface area contributed by atoms with E-state index in [1.165, 1.54) is 0 Å². The number of carbonyl (C=O) groups excluding carboxylic acids is 4. The molecule has 15 nitrogen and oxygen atoms in total. The summed E-state index contributed by atoms with van der Waals surface area (Å²) in [6, 6.07) is 1.94. The molecule has 1 aromatic carbocycles. The van der Waals surface area contributed by atoms with Gasteiger partial charge in [-0.2, -0.15) is 0 Å². The van der Waals surface area contributed by atoms with Crippen molar-refractivity contribution in [2.75, 3.05) is 6.54 Å². The van der Waals surface area contributed by atoms with Gasteiger partial charge in [-0.15, -0.1) is 0 Å². The van der Waals surface area contributed by atoms with Gasteiger partial charge in [-0.3, -0.25) is 24.0 Å². The summed E-state index contributed by atoms with van der Waals surface area (Å²) >= 11 is 0. The minimum atomic E-state index is -1.63. The van der Waals surface area contributed by atoms with Gasteiger partial charge in [0.1, 0.15) is 18.1 Å². The Labute approximate surface area is 235 Å². The van der Waals surface area contributed by atoms with E-state index in [9.17, 15) is 33.9 Å². The molecule has 0 aliphatic heterocycles. The number of rotatable bonds is 18. The van der Waals surface area contributed by atoms with Gasteiger partial charge >= 0.3 is 11.9 Å². The van der Waals surface area contributed by atoms with Crippen LogP contribution in [0.4, 0.5) is 0 Å². The van der Waals surface area contributed by atoms with Crippen molar-refractivity contribution in [3.8, 4) is 0 Å². The molecule has 0 bridgehead atoms. The second kappa shape index (κ2) is 15.9. The van der Waals surface area contributed by atoms with Crippen LogP contribution in [-0.4, -0.2) is 81.5 Å². The normalized spacial score (nSPS) is 13.9. The topological polar surface area (TPSA) is 273 Å². The number of primary amides is 1. The number of carboxylic acids is 2. The molecule has 12 N–H and O–H groups in total. The van der Waals surface area contributed by atoms with Crippen molar-refractivity contribution in [3.05, 3.63) is 36.0 Å². The van der Waals surface area contributed by atoms with Crippen molar-refractivity contribution in [1.82, 2.24) is 20.9 Å². The lowest BCUT2D eigenvalue weighted by molar-refractivity contribution is -0.143. The van der Waals surface area contributed by atoms with Gasteiger partial charge in [-0.25, -0.2) is 4.79 Å². The minimum absolute atomic E-state index is 0.0634. The second-order valence-corrected chi connectivity index (χ2v) is 9.58. The number of hydrogen-bond acceptors (Lipinski definition) is 8. The fourth-order valence-electron chi connectivity index (χ4n) is 4.13. The number of hydrogen-bond donors (Lipinski definition) is 9. The van der Waals surface area contributed by atoms with Gasteiger partial charge in [0.25, 0.3) is 0 Å². The summed E-state index contributed by atoms with van der Waals surface area (Å²) in [7, 11) is 0. The van der Waals surface area contributed by atoms with Crippen molar-refractivity contribution in [2.24, 2.45) is 17.2 Å².